The van der Waals surface area contributed by atoms with Crippen molar-refractivity contribution in [2.75, 3.05) is 6.61 Å². The Morgan fingerprint density at radius 2 is 2.35 bits per heavy atom. The van der Waals surface area contributed by atoms with Crippen LogP contribution in [-0.4, -0.2) is 11.6 Å². The van der Waals surface area contributed by atoms with Gasteiger partial charge in [-0.1, -0.05) is 18.2 Å². The number of nitrogens with zero attached hydrogens (tertiary/aromatic N) is 1. The minimum atomic E-state index is 0.251. The van der Waals surface area contributed by atoms with Gasteiger partial charge in [-0.2, -0.15) is 0 Å². The van der Waals surface area contributed by atoms with Crippen LogP contribution in [0.3, 0.4) is 0 Å². The molecule has 0 radical (unpaired) electrons. The highest BCUT2D eigenvalue weighted by Crippen LogP contribution is 2.33. The van der Waals surface area contributed by atoms with E-state index in [9.17, 15) is 0 Å². The van der Waals surface area contributed by atoms with Crippen molar-refractivity contribution in [3.8, 4) is 5.75 Å². The second-order valence-electron chi connectivity index (χ2n) is 4.20. The first-order valence-corrected chi connectivity index (χ1v) is 6.65. The Labute approximate surface area is 104 Å². The van der Waals surface area contributed by atoms with Crippen LogP contribution in [0, 0.1) is 0 Å². The van der Waals surface area contributed by atoms with Crippen molar-refractivity contribution in [1.82, 2.24) is 10.3 Å². The summed E-state index contributed by atoms with van der Waals surface area (Å²) in [6, 6.07) is 8.71. The van der Waals surface area contributed by atoms with E-state index in [0.29, 0.717) is 6.61 Å². The van der Waals surface area contributed by atoms with Crippen LogP contribution in [0.5, 0.6) is 5.75 Å². The van der Waals surface area contributed by atoms with E-state index < -0.39 is 0 Å². The summed E-state index contributed by atoms with van der Waals surface area (Å²) in [7, 11) is 0. The smallest absolute Gasteiger partial charge is 0.124 e. The van der Waals surface area contributed by atoms with Gasteiger partial charge in [0.1, 0.15) is 12.4 Å². The van der Waals surface area contributed by atoms with Crippen LogP contribution in [0.4, 0.5) is 0 Å². The van der Waals surface area contributed by atoms with Gasteiger partial charge in [0.2, 0.25) is 0 Å². The predicted octanol–water partition coefficient (Wildman–Crippen LogP) is 2.93. The molecule has 3 nitrogen and oxygen atoms in total. The van der Waals surface area contributed by atoms with Gasteiger partial charge in [0.25, 0.3) is 0 Å². The molecule has 17 heavy (non-hydrogen) atoms. The molecule has 1 aliphatic rings. The molecule has 0 bridgehead atoms. The SMILES string of the molecule is CC(NC1COc2ccccc21)c1cscn1. The van der Waals surface area contributed by atoms with Gasteiger partial charge in [-0.15, -0.1) is 11.3 Å². The maximum absolute atomic E-state index is 5.65. The third-order valence-corrected chi connectivity index (χ3v) is 3.65. The van der Waals surface area contributed by atoms with E-state index >= 15 is 0 Å². The van der Waals surface area contributed by atoms with Crippen molar-refractivity contribution in [1.29, 1.82) is 0 Å². The van der Waals surface area contributed by atoms with Crippen LogP contribution in [0.15, 0.2) is 35.2 Å². The fourth-order valence-corrected chi connectivity index (χ4v) is 2.77. The Hall–Kier alpha value is -1.39. The van der Waals surface area contributed by atoms with Gasteiger partial charge < -0.3 is 4.74 Å². The minimum absolute atomic E-state index is 0.251. The maximum Gasteiger partial charge on any atom is 0.124 e. The Kier molecular flexibility index (Phi) is 2.82. The summed E-state index contributed by atoms with van der Waals surface area (Å²) in [4.78, 5) is 4.33. The van der Waals surface area contributed by atoms with Crippen LogP contribution in [0.2, 0.25) is 0 Å². The van der Waals surface area contributed by atoms with Gasteiger partial charge in [-0.3, -0.25) is 5.32 Å². The summed E-state index contributed by atoms with van der Waals surface area (Å²) >= 11 is 1.63. The number of rotatable bonds is 3. The zero-order valence-electron chi connectivity index (χ0n) is 9.59. The number of fused-ring (bicyclic) bond motifs is 1. The highest BCUT2D eigenvalue weighted by molar-refractivity contribution is 7.07. The van der Waals surface area contributed by atoms with E-state index in [4.69, 9.17) is 4.74 Å². The zero-order valence-corrected chi connectivity index (χ0v) is 10.4. The van der Waals surface area contributed by atoms with E-state index in [0.717, 1.165) is 11.4 Å². The monoisotopic (exact) mass is 246 g/mol. The van der Waals surface area contributed by atoms with Gasteiger partial charge >= 0.3 is 0 Å². The fraction of sp³-hybridized carbons (Fsp3) is 0.308. The molecule has 2 atom stereocenters. The molecule has 0 saturated carbocycles. The van der Waals surface area contributed by atoms with Crippen LogP contribution in [-0.2, 0) is 0 Å². The van der Waals surface area contributed by atoms with Gasteiger partial charge in [-0.05, 0) is 13.0 Å². The van der Waals surface area contributed by atoms with Crippen molar-refractivity contribution >= 4 is 11.3 Å². The molecule has 88 valence electrons. The Bertz CT molecular complexity index is 498. The topological polar surface area (TPSA) is 34.1 Å². The molecular weight excluding hydrogens is 232 g/mol. The van der Waals surface area contributed by atoms with Gasteiger partial charge in [-0.25, -0.2) is 4.98 Å². The molecule has 4 heteroatoms. The van der Waals surface area contributed by atoms with E-state index in [2.05, 4.69) is 34.7 Å². The fourth-order valence-electron chi connectivity index (χ4n) is 2.12. The van der Waals surface area contributed by atoms with Gasteiger partial charge in [0.05, 0.1) is 17.2 Å². The summed E-state index contributed by atoms with van der Waals surface area (Å²) in [6.07, 6.45) is 0. The summed E-state index contributed by atoms with van der Waals surface area (Å²) in [5, 5.41) is 5.64. The number of hydrogen-bond donors (Lipinski definition) is 1. The highest BCUT2D eigenvalue weighted by atomic mass is 32.1. The quantitative estimate of drug-likeness (QED) is 0.904. The van der Waals surface area contributed by atoms with E-state index in [1.807, 2.05) is 17.6 Å². The molecule has 0 saturated heterocycles. The Morgan fingerprint density at radius 1 is 1.47 bits per heavy atom. The molecule has 2 aromatic rings. The number of para-hydroxylation sites is 1. The third-order valence-electron chi connectivity index (χ3n) is 3.05. The maximum atomic E-state index is 5.65. The Morgan fingerprint density at radius 3 is 3.18 bits per heavy atom. The van der Waals surface area contributed by atoms with Crippen molar-refractivity contribution in [2.45, 2.75) is 19.0 Å². The first-order chi connectivity index (χ1) is 8.34. The van der Waals surface area contributed by atoms with Gasteiger partial charge in [0, 0.05) is 17.0 Å². The standard InChI is InChI=1S/C13H14N2OS/c1-9(12-7-17-8-14-12)15-11-6-16-13-5-3-2-4-10(11)13/h2-5,7-9,11,15H,6H2,1H3. The van der Waals surface area contributed by atoms with Crippen molar-refractivity contribution in [3.63, 3.8) is 0 Å². The molecule has 0 spiro atoms. The molecule has 1 N–H and O–H groups in total. The molecular formula is C13H14N2OS. The molecule has 1 aromatic heterocycles. The highest BCUT2D eigenvalue weighted by Gasteiger charge is 2.25. The summed E-state index contributed by atoms with van der Waals surface area (Å²) < 4.78 is 5.65. The lowest BCUT2D eigenvalue weighted by molar-refractivity contribution is 0.300. The molecule has 3 rings (SSSR count). The van der Waals surface area contributed by atoms with Crippen LogP contribution in [0.1, 0.15) is 30.3 Å². The average Bonchev–Trinajstić information content (AvgIpc) is 2.98. The van der Waals surface area contributed by atoms with Crippen LogP contribution < -0.4 is 10.1 Å². The average molecular weight is 246 g/mol. The van der Waals surface area contributed by atoms with Crippen molar-refractivity contribution in [3.05, 3.63) is 46.4 Å². The summed E-state index contributed by atoms with van der Waals surface area (Å²) in [6.45, 7) is 2.84. The van der Waals surface area contributed by atoms with E-state index in [1.54, 1.807) is 11.3 Å². The second-order valence-corrected chi connectivity index (χ2v) is 4.92. The van der Waals surface area contributed by atoms with Crippen LogP contribution in [0.25, 0.3) is 0 Å². The van der Waals surface area contributed by atoms with Crippen molar-refractivity contribution < 1.29 is 4.74 Å². The molecule has 0 fully saturated rings. The summed E-state index contributed by atoms with van der Waals surface area (Å²) in [5.41, 5.74) is 4.21. The molecule has 2 unspecified atom stereocenters. The van der Waals surface area contributed by atoms with E-state index in [1.165, 1.54) is 5.56 Å². The minimum Gasteiger partial charge on any atom is -0.491 e. The largest absolute Gasteiger partial charge is 0.491 e. The molecule has 1 aliphatic heterocycles. The van der Waals surface area contributed by atoms with E-state index in [-0.39, 0.29) is 12.1 Å². The molecule has 2 heterocycles. The molecule has 0 amide bonds. The lowest BCUT2D eigenvalue weighted by atomic mass is 10.1. The van der Waals surface area contributed by atoms with Crippen molar-refractivity contribution in [2.24, 2.45) is 0 Å². The first kappa shape index (κ1) is 10.7. The number of thiazole rings is 1. The van der Waals surface area contributed by atoms with Gasteiger partial charge in [0.15, 0.2) is 0 Å². The second kappa shape index (κ2) is 4.47. The number of aromatic nitrogens is 1. The number of benzene rings is 1. The normalized spacial score (nSPS) is 19.7. The first-order valence-electron chi connectivity index (χ1n) is 5.70. The summed E-state index contributed by atoms with van der Waals surface area (Å²) in [5.74, 6) is 0.996. The molecule has 1 aromatic carbocycles. The number of hydrogen-bond acceptors (Lipinski definition) is 4. The lowest BCUT2D eigenvalue weighted by Gasteiger charge is -2.17. The zero-order chi connectivity index (χ0) is 11.7. The molecule has 0 aliphatic carbocycles. The van der Waals surface area contributed by atoms with Crippen LogP contribution >= 0.6 is 11.3 Å². The third kappa shape index (κ3) is 2.06. The lowest BCUT2D eigenvalue weighted by Crippen LogP contribution is -2.25. The number of nitrogens with one attached hydrogen (secondary N) is 1. The predicted molar refractivity (Wildman–Crippen MR) is 68.3 cm³/mol. The Balaban J connectivity index is 1.75. The number of ether oxygens (including phenoxy) is 1.